The fourth-order valence-corrected chi connectivity index (χ4v) is 4.12. The molecule has 3 N–H and O–H groups in total. The van der Waals surface area contributed by atoms with Gasteiger partial charge in [0, 0.05) is 11.4 Å². The van der Waals surface area contributed by atoms with E-state index in [4.69, 9.17) is 5.73 Å². The van der Waals surface area contributed by atoms with Gasteiger partial charge >= 0.3 is 0 Å². The average Bonchev–Trinajstić information content (AvgIpc) is 2.86. The molecule has 32 heavy (non-hydrogen) atoms. The number of anilines is 2. The molecular formula is C30H26N2. The summed E-state index contributed by atoms with van der Waals surface area (Å²) >= 11 is 0. The van der Waals surface area contributed by atoms with Gasteiger partial charge in [-0.15, -0.1) is 0 Å². The maximum absolute atomic E-state index is 6.65. The minimum atomic E-state index is -0.430. The van der Waals surface area contributed by atoms with Crippen LogP contribution in [0.5, 0.6) is 0 Å². The van der Waals surface area contributed by atoms with Crippen LogP contribution < -0.4 is 11.1 Å². The molecule has 5 rings (SSSR count). The number of hydrogen-bond acceptors (Lipinski definition) is 2. The second-order valence-electron chi connectivity index (χ2n) is 8.25. The highest BCUT2D eigenvalue weighted by Gasteiger charge is 2.25. The van der Waals surface area contributed by atoms with E-state index >= 15 is 0 Å². The molecule has 2 heteroatoms. The number of rotatable bonds is 5. The van der Waals surface area contributed by atoms with Crippen molar-refractivity contribution in [1.29, 1.82) is 0 Å². The van der Waals surface area contributed by atoms with Crippen molar-refractivity contribution in [2.75, 3.05) is 5.32 Å². The third-order valence-corrected chi connectivity index (χ3v) is 6.03. The molecule has 1 atom stereocenters. The van der Waals surface area contributed by atoms with Crippen LogP contribution >= 0.6 is 0 Å². The molecule has 0 saturated carbocycles. The fourth-order valence-electron chi connectivity index (χ4n) is 4.12. The minimum absolute atomic E-state index is 0.430. The van der Waals surface area contributed by atoms with E-state index in [0.717, 1.165) is 23.4 Å². The summed E-state index contributed by atoms with van der Waals surface area (Å²) in [6.45, 7) is 0. The van der Waals surface area contributed by atoms with Gasteiger partial charge in [-0.1, -0.05) is 103 Å². The Morgan fingerprint density at radius 2 is 1.12 bits per heavy atom. The van der Waals surface area contributed by atoms with Gasteiger partial charge < -0.3 is 11.1 Å². The maximum atomic E-state index is 6.65. The second kappa shape index (κ2) is 8.70. The standard InChI is InChI=1S/C30H26N2/c31-30(27-7-3-1-4-8-27)21-19-26(20-22-30)24-13-11-23(12-14-24)25-15-17-29(18-16-25)32-28-9-5-2-6-10-28/h1-21,32H,22,31H2. The van der Waals surface area contributed by atoms with Crippen molar-refractivity contribution in [3.63, 3.8) is 0 Å². The Bertz CT molecular complexity index is 1240. The summed E-state index contributed by atoms with van der Waals surface area (Å²) in [5.74, 6) is 0. The number of nitrogens with one attached hydrogen (secondary N) is 1. The average molecular weight is 415 g/mol. The van der Waals surface area contributed by atoms with E-state index in [1.54, 1.807) is 0 Å². The number of allylic oxidation sites excluding steroid dienone is 2. The molecule has 0 fully saturated rings. The molecule has 0 bridgehead atoms. The van der Waals surface area contributed by atoms with Crippen molar-refractivity contribution in [1.82, 2.24) is 0 Å². The van der Waals surface area contributed by atoms with Gasteiger partial charge in [-0.05, 0) is 58.5 Å². The van der Waals surface area contributed by atoms with Crippen LogP contribution in [0.25, 0.3) is 16.7 Å². The normalized spacial score (nSPS) is 17.6. The summed E-state index contributed by atoms with van der Waals surface area (Å²) in [7, 11) is 0. The summed E-state index contributed by atoms with van der Waals surface area (Å²) in [4.78, 5) is 0. The van der Waals surface area contributed by atoms with Crippen LogP contribution in [0.15, 0.2) is 127 Å². The van der Waals surface area contributed by atoms with Crippen LogP contribution in [-0.2, 0) is 5.54 Å². The zero-order valence-electron chi connectivity index (χ0n) is 17.9. The molecule has 2 nitrogen and oxygen atoms in total. The summed E-state index contributed by atoms with van der Waals surface area (Å²) in [5.41, 5.74) is 14.4. The van der Waals surface area contributed by atoms with E-state index in [9.17, 15) is 0 Å². The van der Waals surface area contributed by atoms with Crippen molar-refractivity contribution in [2.45, 2.75) is 12.0 Å². The quantitative estimate of drug-likeness (QED) is 0.360. The van der Waals surface area contributed by atoms with Crippen LogP contribution in [0.4, 0.5) is 11.4 Å². The topological polar surface area (TPSA) is 38.0 Å². The van der Waals surface area contributed by atoms with Gasteiger partial charge in [-0.2, -0.15) is 0 Å². The van der Waals surface area contributed by atoms with Crippen LogP contribution in [0, 0.1) is 0 Å². The van der Waals surface area contributed by atoms with Gasteiger partial charge in [0.15, 0.2) is 0 Å². The predicted molar refractivity (Wildman–Crippen MR) is 136 cm³/mol. The first-order valence-corrected chi connectivity index (χ1v) is 11.0. The highest BCUT2D eigenvalue weighted by Crippen LogP contribution is 2.33. The van der Waals surface area contributed by atoms with Crippen LogP contribution in [-0.4, -0.2) is 0 Å². The lowest BCUT2D eigenvalue weighted by molar-refractivity contribution is 0.567. The highest BCUT2D eigenvalue weighted by atomic mass is 14.9. The van der Waals surface area contributed by atoms with Crippen molar-refractivity contribution in [3.05, 3.63) is 139 Å². The zero-order chi connectivity index (χ0) is 21.8. The number of benzene rings is 4. The lowest BCUT2D eigenvalue weighted by Gasteiger charge is -2.28. The summed E-state index contributed by atoms with van der Waals surface area (Å²) in [6.07, 6.45) is 7.31. The fraction of sp³-hybridized carbons (Fsp3) is 0.0667. The van der Waals surface area contributed by atoms with Gasteiger partial charge in [0.25, 0.3) is 0 Å². The SMILES string of the molecule is NC1(c2ccccc2)C=CC(c2ccc(-c3ccc(Nc4ccccc4)cc3)cc2)=CC1. The Morgan fingerprint density at radius 3 is 1.72 bits per heavy atom. The monoisotopic (exact) mass is 414 g/mol. The minimum Gasteiger partial charge on any atom is -0.356 e. The molecule has 0 saturated heterocycles. The molecule has 0 amide bonds. The number of hydrogen-bond donors (Lipinski definition) is 2. The Labute approximate surface area is 189 Å². The Morgan fingerprint density at radius 1 is 0.594 bits per heavy atom. The van der Waals surface area contributed by atoms with Gasteiger partial charge in [0.05, 0.1) is 5.54 Å². The van der Waals surface area contributed by atoms with Gasteiger partial charge in [0.1, 0.15) is 0 Å². The lowest BCUT2D eigenvalue weighted by atomic mass is 9.82. The van der Waals surface area contributed by atoms with E-state index in [0.29, 0.717) is 0 Å². The Hall–Kier alpha value is -3.88. The van der Waals surface area contributed by atoms with Crippen LogP contribution in [0.2, 0.25) is 0 Å². The smallest absolute Gasteiger partial charge is 0.0633 e. The Balaban J connectivity index is 1.28. The van der Waals surface area contributed by atoms with E-state index in [-0.39, 0.29) is 0 Å². The zero-order valence-corrected chi connectivity index (χ0v) is 17.9. The maximum Gasteiger partial charge on any atom is 0.0633 e. The lowest BCUT2D eigenvalue weighted by Crippen LogP contribution is -2.34. The molecule has 1 aliphatic carbocycles. The van der Waals surface area contributed by atoms with Crippen molar-refractivity contribution in [3.8, 4) is 11.1 Å². The van der Waals surface area contributed by atoms with Crippen molar-refractivity contribution < 1.29 is 0 Å². The molecule has 0 heterocycles. The molecule has 1 aliphatic rings. The van der Waals surface area contributed by atoms with E-state index < -0.39 is 5.54 Å². The van der Waals surface area contributed by atoms with E-state index in [1.165, 1.54) is 22.3 Å². The predicted octanol–water partition coefficient (Wildman–Crippen LogP) is 7.29. The van der Waals surface area contributed by atoms with E-state index in [1.807, 2.05) is 36.4 Å². The van der Waals surface area contributed by atoms with Crippen molar-refractivity contribution in [2.24, 2.45) is 5.73 Å². The molecule has 0 spiro atoms. The van der Waals surface area contributed by atoms with E-state index in [2.05, 4.69) is 96.3 Å². The summed E-state index contributed by atoms with van der Waals surface area (Å²) in [6, 6.07) is 37.8. The highest BCUT2D eigenvalue weighted by molar-refractivity contribution is 5.78. The number of nitrogens with two attached hydrogens (primary N) is 1. The van der Waals surface area contributed by atoms with Crippen molar-refractivity contribution >= 4 is 16.9 Å². The summed E-state index contributed by atoms with van der Waals surface area (Å²) in [5, 5.41) is 3.43. The molecule has 0 radical (unpaired) electrons. The van der Waals surface area contributed by atoms with Gasteiger partial charge in [-0.25, -0.2) is 0 Å². The van der Waals surface area contributed by atoms with Crippen LogP contribution in [0.3, 0.4) is 0 Å². The first-order chi connectivity index (χ1) is 15.7. The third kappa shape index (κ3) is 4.27. The summed E-state index contributed by atoms with van der Waals surface area (Å²) < 4.78 is 0. The number of para-hydroxylation sites is 1. The second-order valence-corrected chi connectivity index (χ2v) is 8.25. The molecule has 4 aromatic carbocycles. The molecule has 1 unspecified atom stereocenters. The third-order valence-electron chi connectivity index (χ3n) is 6.03. The molecular weight excluding hydrogens is 388 g/mol. The van der Waals surface area contributed by atoms with Gasteiger partial charge in [0.2, 0.25) is 0 Å². The Kier molecular flexibility index (Phi) is 5.45. The molecule has 156 valence electrons. The molecule has 0 aliphatic heterocycles. The first-order valence-electron chi connectivity index (χ1n) is 11.0. The van der Waals surface area contributed by atoms with Crippen LogP contribution in [0.1, 0.15) is 17.5 Å². The molecule has 4 aromatic rings. The first kappa shape index (κ1) is 20.0. The van der Waals surface area contributed by atoms with Gasteiger partial charge in [-0.3, -0.25) is 0 Å². The molecule has 0 aromatic heterocycles. The largest absolute Gasteiger partial charge is 0.356 e.